The summed E-state index contributed by atoms with van der Waals surface area (Å²) in [6.45, 7) is 6.71. The highest BCUT2D eigenvalue weighted by atomic mass is 19.1. The fourth-order valence-corrected chi connectivity index (χ4v) is 8.34. The third kappa shape index (κ3) is 3.27. The van der Waals surface area contributed by atoms with Crippen LogP contribution in [-0.2, 0) is 4.79 Å². The Kier molecular flexibility index (Phi) is 5.39. The van der Waals surface area contributed by atoms with Gasteiger partial charge in [-0.15, -0.1) is 0 Å². The van der Waals surface area contributed by atoms with Crippen LogP contribution in [0.4, 0.5) is 4.39 Å². The molecule has 4 aliphatic carbocycles. The van der Waals surface area contributed by atoms with Gasteiger partial charge in [0.1, 0.15) is 11.9 Å². The smallest absolute Gasteiger partial charge is 0.303 e. The molecule has 0 bridgehead atoms. The van der Waals surface area contributed by atoms with Gasteiger partial charge >= 0.3 is 5.97 Å². The van der Waals surface area contributed by atoms with Gasteiger partial charge in [-0.25, -0.2) is 4.39 Å². The van der Waals surface area contributed by atoms with E-state index < -0.39 is 18.2 Å². The first-order valence-electron chi connectivity index (χ1n) is 11.5. The molecule has 0 saturated heterocycles. The minimum atomic E-state index is -1.02. The zero-order valence-corrected chi connectivity index (χ0v) is 18.0. The van der Waals surface area contributed by atoms with Crippen molar-refractivity contribution in [2.24, 2.45) is 46.3 Å². The summed E-state index contributed by atoms with van der Waals surface area (Å²) in [5.41, 5.74) is -0.165. The van der Waals surface area contributed by atoms with Crippen molar-refractivity contribution in [2.75, 3.05) is 0 Å². The maximum atomic E-state index is 14.4. The van der Waals surface area contributed by atoms with Gasteiger partial charge in [0.05, 0.1) is 6.10 Å². The van der Waals surface area contributed by atoms with Crippen molar-refractivity contribution in [3.63, 3.8) is 0 Å². The van der Waals surface area contributed by atoms with Crippen LogP contribution in [0.2, 0.25) is 0 Å². The van der Waals surface area contributed by atoms with Crippen LogP contribution in [0.15, 0.2) is 11.9 Å². The van der Waals surface area contributed by atoms with Gasteiger partial charge in [-0.1, -0.05) is 20.8 Å². The quantitative estimate of drug-likeness (QED) is 0.638. The molecule has 0 amide bonds. The predicted octanol–water partition coefficient (Wildman–Crippen LogP) is 4.55. The van der Waals surface area contributed by atoms with Gasteiger partial charge in [0.2, 0.25) is 0 Å². The number of aliphatic hydroxyl groups is 2. The first-order valence-corrected chi connectivity index (χ1v) is 11.5. The largest absolute Gasteiger partial charge is 0.481 e. The number of aliphatic hydroxyl groups excluding tert-OH is 2. The zero-order valence-electron chi connectivity index (χ0n) is 18.0. The maximum absolute atomic E-state index is 14.4. The second-order valence-electron chi connectivity index (χ2n) is 11.1. The minimum Gasteiger partial charge on any atom is -0.481 e. The van der Waals surface area contributed by atoms with E-state index >= 15 is 0 Å². The van der Waals surface area contributed by atoms with Crippen LogP contribution >= 0.6 is 0 Å². The van der Waals surface area contributed by atoms with E-state index in [9.17, 15) is 19.4 Å². The van der Waals surface area contributed by atoms with E-state index in [0.717, 1.165) is 25.7 Å². The summed E-state index contributed by atoms with van der Waals surface area (Å²) in [6, 6.07) is 0. The van der Waals surface area contributed by atoms with Crippen molar-refractivity contribution in [3.05, 3.63) is 11.9 Å². The topological polar surface area (TPSA) is 77.8 Å². The lowest BCUT2D eigenvalue weighted by Gasteiger charge is -2.61. The molecule has 0 aliphatic heterocycles. The molecule has 3 fully saturated rings. The molecule has 0 radical (unpaired) electrons. The summed E-state index contributed by atoms with van der Waals surface area (Å²) in [5.74, 6) is 0.703. The number of allylic oxidation sites excluding steroid dienone is 1. The van der Waals surface area contributed by atoms with Gasteiger partial charge in [-0.2, -0.15) is 0 Å². The molecule has 4 nitrogen and oxygen atoms in total. The molecule has 4 rings (SSSR count). The van der Waals surface area contributed by atoms with Crippen LogP contribution < -0.4 is 0 Å². The monoisotopic (exact) mass is 408 g/mol. The van der Waals surface area contributed by atoms with Crippen LogP contribution in [0.25, 0.3) is 0 Å². The Bertz CT molecular complexity index is 692. The molecule has 4 aliphatic rings. The summed E-state index contributed by atoms with van der Waals surface area (Å²) in [7, 11) is 0. The molecular formula is C24H37FO4. The molecular weight excluding hydrogens is 371 g/mol. The van der Waals surface area contributed by atoms with Gasteiger partial charge < -0.3 is 15.3 Å². The highest BCUT2D eigenvalue weighted by Crippen LogP contribution is 2.68. The Labute approximate surface area is 173 Å². The average Bonchev–Trinajstić information content (AvgIpc) is 2.99. The summed E-state index contributed by atoms with van der Waals surface area (Å²) in [4.78, 5) is 11.0. The molecule has 3 saturated carbocycles. The lowest BCUT2D eigenvalue weighted by atomic mass is 9.44. The predicted molar refractivity (Wildman–Crippen MR) is 109 cm³/mol. The van der Waals surface area contributed by atoms with Crippen molar-refractivity contribution in [1.82, 2.24) is 0 Å². The van der Waals surface area contributed by atoms with Gasteiger partial charge in [-0.05, 0) is 97.4 Å². The van der Waals surface area contributed by atoms with Crippen molar-refractivity contribution >= 4 is 5.97 Å². The second-order valence-corrected chi connectivity index (χ2v) is 11.1. The molecule has 0 heterocycles. The van der Waals surface area contributed by atoms with Gasteiger partial charge in [0.15, 0.2) is 0 Å². The molecule has 3 N–H and O–H groups in total. The van der Waals surface area contributed by atoms with Crippen molar-refractivity contribution in [3.8, 4) is 0 Å². The van der Waals surface area contributed by atoms with Crippen LogP contribution in [0.5, 0.6) is 0 Å². The maximum Gasteiger partial charge on any atom is 0.303 e. The number of rotatable bonds is 4. The summed E-state index contributed by atoms with van der Waals surface area (Å²) in [5, 5.41) is 30.3. The number of fused-ring (bicyclic) bond motifs is 5. The van der Waals surface area contributed by atoms with Crippen LogP contribution in [0.3, 0.4) is 0 Å². The molecule has 0 aromatic rings. The van der Waals surface area contributed by atoms with E-state index in [1.807, 2.05) is 0 Å². The lowest BCUT2D eigenvalue weighted by Crippen LogP contribution is -2.58. The molecule has 5 heteroatoms. The Balaban J connectivity index is 1.60. The number of halogens is 1. The highest BCUT2D eigenvalue weighted by Gasteiger charge is 2.62. The number of hydrogen-bond donors (Lipinski definition) is 3. The Morgan fingerprint density at radius 3 is 2.62 bits per heavy atom. The lowest BCUT2D eigenvalue weighted by molar-refractivity contribution is -0.148. The molecule has 0 aromatic heterocycles. The van der Waals surface area contributed by atoms with E-state index in [-0.39, 0.29) is 40.8 Å². The molecule has 10 atom stereocenters. The number of carboxylic acid groups (broad SMARTS) is 1. The van der Waals surface area contributed by atoms with Crippen molar-refractivity contribution in [1.29, 1.82) is 0 Å². The van der Waals surface area contributed by atoms with E-state index in [0.29, 0.717) is 37.0 Å². The Morgan fingerprint density at radius 2 is 1.93 bits per heavy atom. The highest BCUT2D eigenvalue weighted by molar-refractivity contribution is 5.66. The van der Waals surface area contributed by atoms with E-state index in [2.05, 4.69) is 20.8 Å². The Morgan fingerprint density at radius 1 is 1.21 bits per heavy atom. The number of carbonyl (C=O) groups is 1. The summed E-state index contributed by atoms with van der Waals surface area (Å²) in [6.07, 6.45) is 6.49. The Hall–Kier alpha value is -0.940. The van der Waals surface area contributed by atoms with Crippen molar-refractivity contribution < 1.29 is 24.5 Å². The van der Waals surface area contributed by atoms with Crippen LogP contribution in [-0.4, -0.2) is 33.5 Å². The SMILES string of the molecule is C[C@H](CCC(=O)O)[C@H]1CCC2C3C(O)C[C@@H]4C[C@H](O)C(F)=C[C@]4(C)C3CC[C@@]21C. The standard InChI is InChI=1S/C24H37FO4/c1-13(4-7-21(28)29)15-5-6-16-22-17(8-9-23(15,16)2)24(3)12-18(25)19(26)10-14(24)11-20(22)27/h12-17,19-20,22,26-27H,4-11H2,1-3H3,(H,28,29)/t13-,14+,15-,16?,17?,19+,20?,22?,23-,24+/m1/s1. The van der Waals surface area contributed by atoms with Crippen LogP contribution in [0.1, 0.15) is 72.1 Å². The second kappa shape index (κ2) is 7.33. The van der Waals surface area contributed by atoms with E-state index in [4.69, 9.17) is 5.11 Å². The molecule has 164 valence electrons. The number of hydrogen-bond acceptors (Lipinski definition) is 3. The first kappa shape index (κ1) is 21.3. The first-order chi connectivity index (χ1) is 13.6. The van der Waals surface area contributed by atoms with E-state index in [1.165, 1.54) is 0 Å². The van der Waals surface area contributed by atoms with Gasteiger partial charge in [0.25, 0.3) is 0 Å². The fourth-order valence-electron chi connectivity index (χ4n) is 8.34. The molecule has 29 heavy (non-hydrogen) atoms. The van der Waals surface area contributed by atoms with E-state index in [1.54, 1.807) is 6.08 Å². The third-order valence-corrected chi connectivity index (χ3v) is 9.83. The van der Waals surface area contributed by atoms with Crippen molar-refractivity contribution in [2.45, 2.75) is 84.3 Å². The number of carboxylic acids is 1. The summed E-state index contributed by atoms with van der Waals surface area (Å²) < 4.78 is 14.4. The molecule has 0 spiro atoms. The molecule has 0 aromatic carbocycles. The number of aliphatic carboxylic acids is 1. The van der Waals surface area contributed by atoms with Gasteiger partial charge in [0, 0.05) is 6.42 Å². The minimum absolute atomic E-state index is 0.125. The molecule has 4 unspecified atom stereocenters. The zero-order chi connectivity index (χ0) is 21.1. The van der Waals surface area contributed by atoms with Gasteiger partial charge in [-0.3, -0.25) is 4.79 Å². The third-order valence-electron chi connectivity index (χ3n) is 9.83. The normalized spacial score (nSPS) is 50.1. The fraction of sp³-hybridized carbons (Fsp3) is 0.875. The summed E-state index contributed by atoms with van der Waals surface area (Å²) >= 11 is 0. The average molecular weight is 409 g/mol. The van der Waals surface area contributed by atoms with Crippen LogP contribution in [0, 0.1) is 46.3 Å².